The zero-order valence-electron chi connectivity index (χ0n) is 11.6. The van der Waals surface area contributed by atoms with Crippen LogP contribution in [-0.4, -0.2) is 11.6 Å². The van der Waals surface area contributed by atoms with Gasteiger partial charge in [-0.1, -0.05) is 54.7 Å². The Morgan fingerprint density at radius 1 is 1.10 bits per heavy atom. The van der Waals surface area contributed by atoms with Gasteiger partial charge >= 0.3 is 0 Å². The molecule has 2 aromatic carbocycles. The van der Waals surface area contributed by atoms with E-state index in [4.69, 9.17) is 22.7 Å². The van der Waals surface area contributed by atoms with E-state index in [9.17, 15) is 0 Å². The quantitative estimate of drug-likeness (QED) is 0.650. The average molecular weight is 285 g/mol. The van der Waals surface area contributed by atoms with E-state index in [0.717, 1.165) is 29.7 Å². The molecule has 20 heavy (non-hydrogen) atoms. The number of ether oxygens (including phenoxy) is 1. The summed E-state index contributed by atoms with van der Waals surface area (Å²) >= 11 is 5.06. The number of nitrogens with two attached hydrogens (primary N) is 1. The predicted octanol–water partition coefficient (Wildman–Crippen LogP) is 3.64. The summed E-state index contributed by atoms with van der Waals surface area (Å²) < 4.78 is 5.88. The van der Waals surface area contributed by atoms with Crippen LogP contribution in [-0.2, 0) is 6.42 Å². The van der Waals surface area contributed by atoms with Crippen LogP contribution in [0.1, 0.15) is 23.1 Å². The Labute approximate surface area is 125 Å². The van der Waals surface area contributed by atoms with E-state index in [-0.39, 0.29) is 0 Å². The Morgan fingerprint density at radius 3 is 2.55 bits per heavy atom. The summed E-state index contributed by atoms with van der Waals surface area (Å²) in [5, 5.41) is 0. The first-order valence-electron chi connectivity index (χ1n) is 6.74. The Bertz CT molecular complexity index is 581. The second-order valence-corrected chi connectivity index (χ2v) is 5.19. The number of rotatable bonds is 6. The minimum Gasteiger partial charge on any atom is -0.493 e. The van der Waals surface area contributed by atoms with Gasteiger partial charge in [-0.05, 0) is 37.0 Å². The number of aryl methyl sites for hydroxylation is 2. The third-order valence-corrected chi connectivity index (χ3v) is 3.40. The fourth-order valence-electron chi connectivity index (χ4n) is 2.13. The molecular formula is C17H19NOS. The monoisotopic (exact) mass is 285 g/mol. The van der Waals surface area contributed by atoms with E-state index in [0.29, 0.717) is 11.6 Å². The molecule has 0 aromatic heterocycles. The van der Waals surface area contributed by atoms with Crippen molar-refractivity contribution in [3.63, 3.8) is 0 Å². The van der Waals surface area contributed by atoms with Gasteiger partial charge in [0, 0.05) is 0 Å². The summed E-state index contributed by atoms with van der Waals surface area (Å²) in [6, 6.07) is 16.3. The lowest BCUT2D eigenvalue weighted by Gasteiger charge is -2.13. The number of benzene rings is 2. The van der Waals surface area contributed by atoms with Gasteiger partial charge in [0.25, 0.3) is 0 Å². The molecule has 0 amide bonds. The van der Waals surface area contributed by atoms with Crippen molar-refractivity contribution < 1.29 is 4.74 Å². The van der Waals surface area contributed by atoms with Crippen molar-refractivity contribution >= 4 is 17.2 Å². The van der Waals surface area contributed by atoms with Crippen LogP contribution >= 0.6 is 12.2 Å². The number of hydrogen-bond donors (Lipinski definition) is 1. The maximum absolute atomic E-state index is 5.88. The molecule has 0 spiro atoms. The molecule has 2 aromatic rings. The van der Waals surface area contributed by atoms with Crippen molar-refractivity contribution in [2.75, 3.05) is 6.61 Å². The highest BCUT2D eigenvalue weighted by atomic mass is 32.1. The van der Waals surface area contributed by atoms with Crippen molar-refractivity contribution in [2.45, 2.75) is 19.8 Å². The average Bonchev–Trinajstić information content (AvgIpc) is 2.45. The molecule has 0 saturated carbocycles. The van der Waals surface area contributed by atoms with E-state index in [1.54, 1.807) is 0 Å². The molecule has 0 aliphatic carbocycles. The van der Waals surface area contributed by atoms with Crippen molar-refractivity contribution in [3.8, 4) is 5.75 Å². The SMILES string of the molecule is Cc1cccc(C(N)=S)c1OCCCc1ccccc1. The Balaban J connectivity index is 1.93. The summed E-state index contributed by atoms with van der Waals surface area (Å²) in [7, 11) is 0. The smallest absolute Gasteiger partial charge is 0.132 e. The third-order valence-electron chi connectivity index (χ3n) is 3.18. The first kappa shape index (κ1) is 14.5. The van der Waals surface area contributed by atoms with Crippen LogP contribution in [0, 0.1) is 6.92 Å². The van der Waals surface area contributed by atoms with E-state index in [1.165, 1.54) is 5.56 Å². The molecule has 2 nitrogen and oxygen atoms in total. The van der Waals surface area contributed by atoms with Crippen LogP contribution in [0.4, 0.5) is 0 Å². The zero-order valence-corrected chi connectivity index (χ0v) is 12.5. The summed E-state index contributed by atoms with van der Waals surface area (Å²) in [6.45, 7) is 2.67. The van der Waals surface area contributed by atoms with Gasteiger partial charge in [-0.2, -0.15) is 0 Å². The van der Waals surface area contributed by atoms with E-state index >= 15 is 0 Å². The fourth-order valence-corrected chi connectivity index (χ4v) is 2.29. The summed E-state index contributed by atoms with van der Waals surface area (Å²) in [4.78, 5) is 0.381. The van der Waals surface area contributed by atoms with Gasteiger partial charge in [-0.25, -0.2) is 0 Å². The lowest BCUT2D eigenvalue weighted by molar-refractivity contribution is 0.308. The fraction of sp³-hybridized carbons (Fsp3) is 0.235. The maximum Gasteiger partial charge on any atom is 0.132 e. The molecule has 0 aliphatic rings. The molecule has 0 heterocycles. The number of thiocarbonyl (C=S) groups is 1. The van der Waals surface area contributed by atoms with Crippen molar-refractivity contribution in [3.05, 3.63) is 65.2 Å². The van der Waals surface area contributed by atoms with Crippen LogP contribution in [0.3, 0.4) is 0 Å². The second-order valence-electron chi connectivity index (χ2n) is 4.75. The molecule has 0 saturated heterocycles. The number of hydrogen-bond acceptors (Lipinski definition) is 2. The normalized spacial score (nSPS) is 10.2. The molecule has 0 radical (unpaired) electrons. The van der Waals surface area contributed by atoms with Gasteiger partial charge in [-0.3, -0.25) is 0 Å². The van der Waals surface area contributed by atoms with Gasteiger partial charge in [0.2, 0.25) is 0 Å². The van der Waals surface area contributed by atoms with Crippen molar-refractivity contribution in [1.82, 2.24) is 0 Å². The Kier molecular flexibility index (Phi) is 5.13. The molecule has 2 N–H and O–H groups in total. The summed E-state index contributed by atoms with van der Waals surface area (Å²) in [6.07, 6.45) is 1.98. The van der Waals surface area contributed by atoms with Crippen LogP contribution in [0.2, 0.25) is 0 Å². The molecule has 2 rings (SSSR count). The van der Waals surface area contributed by atoms with Crippen LogP contribution in [0.15, 0.2) is 48.5 Å². The lowest BCUT2D eigenvalue weighted by atomic mass is 10.1. The second kappa shape index (κ2) is 7.06. The van der Waals surface area contributed by atoms with Gasteiger partial charge in [0.1, 0.15) is 10.7 Å². The highest BCUT2D eigenvalue weighted by Crippen LogP contribution is 2.23. The van der Waals surface area contributed by atoms with E-state index in [1.807, 2.05) is 31.2 Å². The van der Waals surface area contributed by atoms with Gasteiger partial charge in [0.05, 0.1) is 12.2 Å². The Hall–Kier alpha value is -1.87. The zero-order chi connectivity index (χ0) is 14.4. The molecule has 0 fully saturated rings. The third kappa shape index (κ3) is 3.81. The topological polar surface area (TPSA) is 35.2 Å². The first-order chi connectivity index (χ1) is 9.68. The summed E-state index contributed by atoms with van der Waals surface area (Å²) in [5.41, 5.74) is 8.94. The van der Waals surface area contributed by atoms with Crippen LogP contribution < -0.4 is 10.5 Å². The highest BCUT2D eigenvalue weighted by molar-refractivity contribution is 7.80. The molecule has 0 atom stereocenters. The van der Waals surface area contributed by atoms with Gasteiger partial charge in [0.15, 0.2) is 0 Å². The van der Waals surface area contributed by atoms with Crippen LogP contribution in [0.25, 0.3) is 0 Å². The molecule has 0 aliphatic heterocycles. The van der Waals surface area contributed by atoms with Crippen molar-refractivity contribution in [1.29, 1.82) is 0 Å². The molecular weight excluding hydrogens is 266 g/mol. The minimum absolute atomic E-state index is 0.381. The van der Waals surface area contributed by atoms with Gasteiger partial charge in [-0.15, -0.1) is 0 Å². The molecule has 0 bridgehead atoms. The lowest BCUT2D eigenvalue weighted by Crippen LogP contribution is -2.13. The first-order valence-corrected chi connectivity index (χ1v) is 7.15. The standard InChI is InChI=1S/C17H19NOS/c1-13-7-5-11-15(17(18)20)16(13)19-12-6-10-14-8-3-2-4-9-14/h2-5,7-9,11H,6,10,12H2,1H3,(H2,18,20). The summed E-state index contributed by atoms with van der Waals surface area (Å²) in [5.74, 6) is 0.813. The molecule has 3 heteroatoms. The largest absolute Gasteiger partial charge is 0.493 e. The Morgan fingerprint density at radius 2 is 1.85 bits per heavy atom. The van der Waals surface area contributed by atoms with Crippen molar-refractivity contribution in [2.24, 2.45) is 5.73 Å². The molecule has 104 valence electrons. The highest BCUT2D eigenvalue weighted by Gasteiger charge is 2.08. The van der Waals surface area contributed by atoms with E-state index in [2.05, 4.69) is 24.3 Å². The predicted molar refractivity (Wildman–Crippen MR) is 87.3 cm³/mol. The molecule has 0 unspecified atom stereocenters. The maximum atomic E-state index is 5.88. The van der Waals surface area contributed by atoms with E-state index < -0.39 is 0 Å². The van der Waals surface area contributed by atoms with Crippen LogP contribution in [0.5, 0.6) is 5.75 Å². The number of para-hydroxylation sites is 1. The van der Waals surface area contributed by atoms with Gasteiger partial charge < -0.3 is 10.5 Å². The minimum atomic E-state index is 0.381.